The first-order valence-electron chi connectivity index (χ1n) is 5.88. The number of carbonyl (C=O) groups excluding carboxylic acids is 1. The number of halogens is 3. The summed E-state index contributed by atoms with van der Waals surface area (Å²) in [6.07, 6.45) is -4.48. The van der Waals surface area contributed by atoms with E-state index in [1.165, 1.54) is 18.2 Å². The Morgan fingerprint density at radius 1 is 1.32 bits per heavy atom. The topological polar surface area (TPSA) is 53.2 Å². The van der Waals surface area contributed by atoms with Gasteiger partial charge in [0.15, 0.2) is 0 Å². The number of urea groups is 1. The summed E-state index contributed by atoms with van der Waals surface area (Å²) in [5, 5.41) is 7.83. The van der Waals surface area contributed by atoms with Crippen LogP contribution in [0.25, 0.3) is 0 Å². The molecule has 0 unspecified atom stereocenters. The van der Waals surface area contributed by atoms with Crippen LogP contribution in [0.15, 0.2) is 24.3 Å². The van der Waals surface area contributed by atoms with Gasteiger partial charge in [-0.3, -0.25) is 0 Å². The van der Waals surface area contributed by atoms with Gasteiger partial charge in [-0.15, -0.1) is 0 Å². The molecule has 0 spiro atoms. The van der Waals surface area contributed by atoms with E-state index in [0.717, 1.165) is 19.2 Å². The van der Waals surface area contributed by atoms with Crippen molar-refractivity contribution in [2.45, 2.75) is 6.18 Å². The largest absolute Gasteiger partial charge is 0.418 e. The quantitative estimate of drug-likeness (QED) is 0.789. The smallest absolute Gasteiger partial charge is 0.337 e. The molecule has 0 aromatic heterocycles. The van der Waals surface area contributed by atoms with Crippen LogP contribution in [-0.4, -0.2) is 25.7 Å². The van der Waals surface area contributed by atoms with E-state index in [-0.39, 0.29) is 5.69 Å². The zero-order chi connectivity index (χ0) is 13.9. The normalized spacial score (nSPS) is 15.7. The fourth-order valence-corrected chi connectivity index (χ4v) is 1.74. The van der Waals surface area contributed by atoms with E-state index in [4.69, 9.17) is 0 Å². The van der Waals surface area contributed by atoms with E-state index in [9.17, 15) is 18.0 Å². The van der Waals surface area contributed by atoms with Gasteiger partial charge >= 0.3 is 12.2 Å². The fourth-order valence-electron chi connectivity index (χ4n) is 1.74. The van der Waals surface area contributed by atoms with E-state index in [1.807, 2.05) is 0 Å². The maximum Gasteiger partial charge on any atom is 0.418 e. The van der Waals surface area contributed by atoms with E-state index in [2.05, 4.69) is 16.0 Å². The molecule has 0 radical (unpaired) electrons. The van der Waals surface area contributed by atoms with Crippen molar-refractivity contribution in [3.63, 3.8) is 0 Å². The number of hydrogen-bond acceptors (Lipinski definition) is 2. The number of alkyl halides is 3. The Bertz CT molecular complexity index is 458. The standard InChI is InChI=1S/C12H14F3N3O/c13-12(14,15)9-3-1-2-4-10(9)18-11(19)17-7-8-5-16-6-8/h1-4,8,16H,5-7H2,(H2,17,18,19). The lowest BCUT2D eigenvalue weighted by Crippen LogP contribution is -2.48. The summed E-state index contributed by atoms with van der Waals surface area (Å²) < 4.78 is 38.1. The molecule has 3 N–H and O–H groups in total. The van der Waals surface area contributed by atoms with Gasteiger partial charge in [0.05, 0.1) is 11.3 Å². The van der Waals surface area contributed by atoms with E-state index in [0.29, 0.717) is 12.5 Å². The molecule has 19 heavy (non-hydrogen) atoms. The summed E-state index contributed by atoms with van der Waals surface area (Å²) in [6.45, 7) is 2.09. The van der Waals surface area contributed by atoms with Crippen LogP contribution in [-0.2, 0) is 6.18 Å². The molecular formula is C12H14F3N3O. The minimum Gasteiger partial charge on any atom is -0.337 e. The fraction of sp³-hybridized carbons (Fsp3) is 0.417. The molecule has 1 aromatic rings. The van der Waals surface area contributed by atoms with Crippen molar-refractivity contribution >= 4 is 11.7 Å². The van der Waals surface area contributed by atoms with E-state index in [1.54, 1.807) is 0 Å². The third kappa shape index (κ3) is 3.60. The van der Waals surface area contributed by atoms with Crippen LogP contribution in [0.5, 0.6) is 0 Å². The molecule has 4 nitrogen and oxygen atoms in total. The summed E-state index contributed by atoms with van der Waals surface area (Å²) in [6, 6.07) is 4.27. The second-order valence-electron chi connectivity index (χ2n) is 4.40. The molecule has 1 aliphatic rings. The molecule has 0 atom stereocenters. The molecule has 0 aliphatic carbocycles. The van der Waals surface area contributed by atoms with Crippen LogP contribution >= 0.6 is 0 Å². The number of nitrogens with one attached hydrogen (secondary N) is 3. The van der Waals surface area contributed by atoms with Crippen molar-refractivity contribution in [1.29, 1.82) is 0 Å². The Morgan fingerprint density at radius 3 is 2.58 bits per heavy atom. The average Bonchev–Trinajstić information content (AvgIpc) is 2.26. The molecule has 0 bridgehead atoms. The van der Waals surface area contributed by atoms with Gasteiger partial charge in [0.2, 0.25) is 0 Å². The minimum absolute atomic E-state index is 0.237. The number of hydrogen-bond donors (Lipinski definition) is 3. The zero-order valence-electron chi connectivity index (χ0n) is 10.1. The van der Waals surface area contributed by atoms with Crippen molar-refractivity contribution in [2.75, 3.05) is 25.0 Å². The first kappa shape index (κ1) is 13.7. The molecular weight excluding hydrogens is 259 g/mol. The summed E-state index contributed by atoms with van der Waals surface area (Å²) in [5.41, 5.74) is -1.09. The first-order chi connectivity index (χ1) is 8.97. The number of amides is 2. The lowest BCUT2D eigenvalue weighted by molar-refractivity contribution is -0.136. The van der Waals surface area contributed by atoms with Crippen LogP contribution in [0.4, 0.5) is 23.7 Å². The van der Waals surface area contributed by atoms with Crippen LogP contribution < -0.4 is 16.0 Å². The Labute approximate surface area is 108 Å². The highest BCUT2D eigenvalue weighted by Crippen LogP contribution is 2.34. The van der Waals surface area contributed by atoms with Gasteiger partial charge in [-0.2, -0.15) is 13.2 Å². The third-order valence-corrected chi connectivity index (χ3v) is 2.90. The molecule has 2 amide bonds. The third-order valence-electron chi connectivity index (χ3n) is 2.90. The van der Waals surface area contributed by atoms with Crippen LogP contribution in [0.1, 0.15) is 5.56 Å². The molecule has 1 heterocycles. The van der Waals surface area contributed by atoms with E-state index < -0.39 is 17.8 Å². The molecule has 104 valence electrons. The predicted octanol–water partition coefficient (Wildman–Crippen LogP) is 2.05. The Kier molecular flexibility index (Phi) is 3.94. The summed E-state index contributed by atoms with van der Waals surface area (Å²) in [7, 11) is 0. The van der Waals surface area contributed by atoms with Gasteiger partial charge in [0, 0.05) is 25.6 Å². The summed E-state index contributed by atoms with van der Waals surface area (Å²) in [4.78, 5) is 11.5. The molecule has 0 saturated carbocycles. The van der Waals surface area contributed by atoms with Crippen molar-refractivity contribution in [1.82, 2.24) is 10.6 Å². The van der Waals surface area contributed by atoms with Gasteiger partial charge in [-0.25, -0.2) is 4.79 Å². The second kappa shape index (κ2) is 5.48. The van der Waals surface area contributed by atoms with Gasteiger partial charge in [-0.1, -0.05) is 12.1 Å². The number of carbonyl (C=O) groups is 1. The minimum atomic E-state index is -4.48. The summed E-state index contributed by atoms with van der Waals surface area (Å²) >= 11 is 0. The summed E-state index contributed by atoms with van der Waals surface area (Å²) in [5.74, 6) is 0.351. The number of para-hydroxylation sites is 1. The Balaban J connectivity index is 1.96. The monoisotopic (exact) mass is 273 g/mol. The molecule has 1 aromatic carbocycles. The maximum absolute atomic E-state index is 12.7. The van der Waals surface area contributed by atoms with E-state index >= 15 is 0 Å². The molecule has 1 saturated heterocycles. The SMILES string of the molecule is O=C(NCC1CNC1)Nc1ccccc1C(F)(F)F. The highest BCUT2D eigenvalue weighted by molar-refractivity contribution is 5.90. The average molecular weight is 273 g/mol. The van der Waals surface area contributed by atoms with Gasteiger partial charge < -0.3 is 16.0 Å². The second-order valence-corrected chi connectivity index (χ2v) is 4.40. The number of anilines is 1. The molecule has 1 fully saturated rings. The van der Waals surface area contributed by atoms with Crippen molar-refractivity contribution in [3.05, 3.63) is 29.8 Å². The van der Waals surface area contributed by atoms with Gasteiger partial charge in [0.25, 0.3) is 0 Å². The first-order valence-corrected chi connectivity index (χ1v) is 5.88. The van der Waals surface area contributed by atoms with Crippen molar-refractivity contribution in [2.24, 2.45) is 5.92 Å². The number of rotatable bonds is 3. The lowest BCUT2D eigenvalue weighted by atomic mass is 10.0. The highest BCUT2D eigenvalue weighted by Gasteiger charge is 2.33. The van der Waals surface area contributed by atoms with Crippen LogP contribution in [0.3, 0.4) is 0 Å². The lowest BCUT2D eigenvalue weighted by Gasteiger charge is -2.27. The highest BCUT2D eigenvalue weighted by atomic mass is 19.4. The Morgan fingerprint density at radius 2 is 2.00 bits per heavy atom. The van der Waals surface area contributed by atoms with Gasteiger partial charge in [-0.05, 0) is 12.1 Å². The Hall–Kier alpha value is -1.76. The number of benzene rings is 1. The van der Waals surface area contributed by atoms with Crippen molar-refractivity contribution < 1.29 is 18.0 Å². The molecule has 2 rings (SSSR count). The predicted molar refractivity (Wildman–Crippen MR) is 64.8 cm³/mol. The molecule has 1 aliphatic heterocycles. The van der Waals surface area contributed by atoms with Gasteiger partial charge in [0.1, 0.15) is 0 Å². The van der Waals surface area contributed by atoms with Crippen LogP contribution in [0.2, 0.25) is 0 Å². The zero-order valence-corrected chi connectivity index (χ0v) is 10.1. The maximum atomic E-state index is 12.7. The molecule has 7 heteroatoms. The van der Waals surface area contributed by atoms with Crippen molar-refractivity contribution in [3.8, 4) is 0 Å². The van der Waals surface area contributed by atoms with Crippen LogP contribution in [0, 0.1) is 5.92 Å².